The molecule has 0 aliphatic rings. The zero-order chi connectivity index (χ0) is 15.3. The molecule has 0 bridgehead atoms. The maximum atomic E-state index is 11.7. The number of carboxylic acids is 1. The van der Waals surface area contributed by atoms with Gasteiger partial charge in [-0.25, -0.2) is 4.79 Å². The summed E-state index contributed by atoms with van der Waals surface area (Å²) in [6.45, 7) is 0. The topological polar surface area (TPSA) is 109 Å². The van der Waals surface area contributed by atoms with Gasteiger partial charge in [0.25, 0.3) is 0 Å². The van der Waals surface area contributed by atoms with Gasteiger partial charge in [-0.2, -0.15) is 0 Å². The molecule has 0 aliphatic heterocycles. The van der Waals surface area contributed by atoms with Crippen molar-refractivity contribution in [3.05, 3.63) is 33.8 Å². The summed E-state index contributed by atoms with van der Waals surface area (Å²) in [5, 5.41) is 11.7. The molecule has 0 heterocycles. The van der Waals surface area contributed by atoms with Crippen LogP contribution in [-0.4, -0.2) is 28.9 Å². The van der Waals surface area contributed by atoms with Gasteiger partial charge in [0.1, 0.15) is 6.04 Å². The zero-order valence-corrected chi connectivity index (χ0v) is 11.7. The number of carbonyl (C=O) groups excluding carboxylic acids is 2. The monoisotopic (exact) mass is 318 g/mol. The minimum atomic E-state index is -1.34. The molecule has 1 aromatic carbocycles. The first kappa shape index (κ1) is 16.3. The Morgan fingerprint density at radius 1 is 1.25 bits per heavy atom. The molecule has 0 fully saturated rings. The number of carbonyl (C=O) groups is 3. The van der Waals surface area contributed by atoms with Crippen LogP contribution < -0.4 is 11.1 Å². The van der Waals surface area contributed by atoms with E-state index in [0.717, 1.165) is 0 Å². The van der Waals surface area contributed by atoms with Gasteiger partial charge in [0, 0.05) is 0 Å². The minimum Gasteiger partial charge on any atom is -0.480 e. The van der Waals surface area contributed by atoms with Crippen molar-refractivity contribution in [2.75, 3.05) is 0 Å². The van der Waals surface area contributed by atoms with E-state index in [1.165, 1.54) is 12.1 Å². The lowest BCUT2D eigenvalue weighted by Gasteiger charge is -2.12. The minimum absolute atomic E-state index is 0.0839. The van der Waals surface area contributed by atoms with Gasteiger partial charge >= 0.3 is 5.97 Å². The van der Waals surface area contributed by atoms with E-state index in [1.807, 2.05) is 0 Å². The Morgan fingerprint density at radius 2 is 1.90 bits per heavy atom. The predicted molar refractivity (Wildman–Crippen MR) is 73.5 cm³/mol. The van der Waals surface area contributed by atoms with E-state index in [2.05, 4.69) is 5.32 Å². The van der Waals surface area contributed by atoms with Crippen LogP contribution in [0.1, 0.15) is 12.0 Å². The summed E-state index contributed by atoms with van der Waals surface area (Å²) in [6.07, 6.45) is -0.554. The summed E-state index contributed by atoms with van der Waals surface area (Å²) in [7, 11) is 0. The van der Waals surface area contributed by atoms with Crippen molar-refractivity contribution in [3.8, 4) is 0 Å². The molecule has 1 atom stereocenters. The van der Waals surface area contributed by atoms with Gasteiger partial charge in [0.05, 0.1) is 22.9 Å². The van der Waals surface area contributed by atoms with Crippen molar-refractivity contribution in [3.63, 3.8) is 0 Å². The molecule has 0 spiro atoms. The van der Waals surface area contributed by atoms with Crippen LogP contribution in [0.15, 0.2) is 18.2 Å². The lowest BCUT2D eigenvalue weighted by atomic mass is 10.1. The second-order valence-electron chi connectivity index (χ2n) is 4.05. The molecule has 0 unspecified atom stereocenters. The van der Waals surface area contributed by atoms with Gasteiger partial charge in [-0.05, 0) is 17.7 Å². The summed E-state index contributed by atoms with van der Waals surface area (Å²) in [5.41, 5.74) is 5.48. The van der Waals surface area contributed by atoms with E-state index < -0.39 is 30.2 Å². The molecule has 0 aliphatic carbocycles. The van der Waals surface area contributed by atoms with Gasteiger partial charge in [-0.3, -0.25) is 9.59 Å². The van der Waals surface area contributed by atoms with E-state index in [9.17, 15) is 14.4 Å². The molecule has 0 aromatic heterocycles. The van der Waals surface area contributed by atoms with Gasteiger partial charge in [0.15, 0.2) is 0 Å². The van der Waals surface area contributed by atoms with Crippen molar-refractivity contribution in [2.24, 2.45) is 5.73 Å². The number of carboxylic acid groups (broad SMARTS) is 1. The van der Waals surface area contributed by atoms with Crippen LogP contribution in [0.25, 0.3) is 0 Å². The number of rotatable bonds is 6. The molecule has 8 heteroatoms. The molecular formula is C12H12Cl2N2O4. The number of nitrogens with two attached hydrogens (primary N) is 1. The second-order valence-corrected chi connectivity index (χ2v) is 4.87. The highest BCUT2D eigenvalue weighted by atomic mass is 35.5. The Kier molecular flexibility index (Phi) is 5.79. The summed E-state index contributed by atoms with van der Waals surface area (Å²) in [6, 6.07) is 3.29. The first-order valence-electron chi connectivity index (χ1n) is 5.54. The molecule has 4 N–H and O–H groups in total. The van der Waals surface area contributed by atoms with Crippen LogP contribution in [0.5, 0.6) is 0 Å². The quantitative estimate of drug-likeness (QED) is 0.726. The van der Waals surface area contributed by atoms with Crippen LogP contribution in [0.3, 0.4) is 0 Å². The smallest absolute Gasteiger partial charge is 0.326 e. The lowest BCUT2D eigenvalue weighted by Crippen LogP contribution is -2.43. The van der Waals surface area contributed by atoms with Crippen LogP contribution in [0.2, 0.25) is 10.0 Å². The van der Waals surface area contributed by atoms with E-state index in [0.29, 0.717) is 15.6 Å². The lowest BCUT2D eigenvalue weighted by molar-refractivity contribution is -0.143. The van der Waals surface area contributed by atoms with Crippen molar-refractivity contribution >= 4 is 41.0 Å². The standard InChI is InChI=1S/C12H12Cl2N2O4/c13-7-2-1-6(3-8(7)14)4-11(18)16-9(12(19)20)5-10(15)17/h1-3,9H,4-5H2,(H2,15,17)(H,16,18)(H,19,20)/t9-/m1/s1. The van der Waals surface area contributed by atoms with Crippen LogP contribution >= 0.6 is 23.2 Å². The Hall–Kier alpha value is -1.79. The molecular weight excluding hydrogens is 307 g/mol. The summed E-state index contributed by atoms with van der Waals surface area (Å²) in [4.78, 5) is 33.3. The van der Waals surface area contributed by atoms with E-state index in [-0.39, 0.29) is 6.42 Å². The number of nitrogens with one attached hydrogen (secondary N) is 1. The highest BCUT2D eigenvalue weighted by molar-refractivity contribution is 6.42. The van der Waals surface area contributed by atoms with Gasteiger partial charge in [0.2, 0.25) is 11.8 Å². The Labute approximate surface area is 124 Å². The summed E-state index contributed by atoms with van der Waals surface area (Å²) < 4.78 is 0. The fourth-order valence-corrected chi connectivity index (χ4v) is 1.80. The van der Waals surface area contributed by atoms with E-state index in [4.69, 9.17) is 34.0 Å². The number of primary amides is 1. The van der Waals surface area contributed by atoms with Gasteiger partial charge in [-0.15, -0.1) is 0 Å². The number of hydrogen-bond donors (Lipinski definition) is 3. The fraction of sp³-hybridized carbons (Fsp3) is 0.250. The number of halogens is 2. The Bertz CT molecular complexity index is 548. The maximum absolute atomic E-state index is 11.7. The SMILES string of the molecule is NC(=O)C[C@@H](NC(=O)Cc1ccc(Cl)c(Cl)c1)C(=O)O. The Balaban J connectivity index is 2.67. The average molecular weight is 319 g/mol. The van der Waals surface area contributed by atoms with Crippen molar-refractivity contribution in [1.29, 1.82) is 0 Å². The molecule has 20 heavy (non-hydrogen) atoms. The van der Waals surface area contributed by atoms with Gasteiger partial charge < -0.3 is 16.2 Å². The molecule has 0 radical (unpaired) electrons. The zero-order valence-electron chi connectivity index (χ0n) is 10.2. The first-order valence-corrected chi connectivity index (χ1v) is 6.29. The van der Waals surface area contributed by atoms with Crippen molar-refractivity contribution in [1.82, 2.24) is 5.32 Å². The largest absolute Gasteiger partial charge is 0.480 e. The van der Waals surface area contributed by atoms with Crippen LogP contribution in [0.4, 0.5) is 0 Å². The second kappa shape index (κ2) is 7.12. The number of aliphatic carboxylic acids is 1. The third kappa shape index (κ3) is 5.07. The number of benzene rings is 1. The van der Waals surface area contributed by atoms with E-state index >= 15 is 0 Å². The normalized spacial score (nSPS) is 11.7. The van der Waals surface area contributed by atoms with Crippen molar-refractivity contribution < 1.29 is 19.5 Å². The third-order valence-electron chi connectivity index (χ3n) is 2.39. The van der Waals surface area contributed by atoms with Gasteiger partial charge in [-0.1, -0.05) is 29.3 Å². The highest BCUT2D eigenvalue weighted by Gasteiger charge is 2.22. The number of hydrogen-bond acceptors (Lipinski definition) is 3. The summed E-state index contributed by atoms with van der Waals surface area (Å²) >= 11 is 11.5. The highest BCUT2D eigenvalue weighted by Crippen LogP contribution is 2.22. The number of amides is 2. The third-order valence-corrected chi connectivity index (χ3v) is 3.13. The Morgan fingerprint density at radius 3 is 2.40 bits per heavy atom. The first-order chi connectivity index (χ1) is 9.29. The molecule has 108 valence electrons. The summed E-state index contributed by atoms with van der Waals surface area (Å²) in [5.74, 6) is -2.70. The van der Waals surface area contributed by atoms with Crippen LogP contribution in [-0.2, 0) is 20.8 Å². The van der Waals surface area contributed by atoms with Crippen LogP contribution in [0, 0.1) is 0 Å². The molecule has 1 aromatic rings. The fourth-order valence-electron chi connectivity index (χ4n) is 1.48. The maximum Gasteiger partial charge on any atom is 0.326 e. The predicted octanol–water partition coefficient (Wildman–Crippen LogP) is 0.981. The molecule has 6 nitrogen and oxygen atoms in total. The van der Waals surface area contributed by atoms with Crippen molar-refractivity contribution in [2.45, 2.75) is 18.9 Å². The molecule has 2 amide bonds. The van der Waals surface area contributed by atoms with E-state index in [1.54, 1.807) is 6.07 Å². The molecule has 1 rings (SSSR count). The molecule has 0 saturated heterocycles. The average Bonchev–Trinajstić information content (AvgIpc) is 2.32. The molecule has 0 saturated carbocycles.